The molecule has 280 valence electrons. The van der Waals surface area contributed by atoms with Gasteiger partial charge < -0.3 is 19.3 Å². The predicted molar refractivity (Wildman–Crippen MR) is 198 cm³/mol. The molecule has 1 N–H and O–H groups in total. The summed E-state index contributed by atoms with van der Waals surface area (Å²) < 4.78 is 38.7. The maximum absolute atomic E-state index is 14.6. The number of hydrogen-bond acceptors (Lipinski definition) is 9. The summed E-state index contributed by atoms with van der Waals surface area (Å²) >= 11 is 0. The molecule has 4 atom stereocenters. The molecule has 0 unspecified atom stereocenters. The van der Waals surface area contributed by atoms with Crippen LogP contribution in [-0.2, 0) is 33.9 Å². The first-order valence-electron chi connectivity index (χ1n) is 18.4. The van der Waals surface area contributed by atoms with Crippen molar-refractivity contribution in [1.82, 2.24) is 9.62 Å². The molecule has 12 heteroatoms. The van der Waals surface area contributed by atoms with E-state index in [1.165, 1.54) is 4.90 Å². The molecule has 52 heavy (non-hydrogen) atoms. The van der Waals surface area contributed by atoms with Gasteiger partial charge in [0.1, 0.15) is 17.9 Å². The molecule has 6 rings (SSSR count). The van der Waals surface area contributed by atoms with Gasteiger partial charge in [-0.25, -0.2) is 8.42 Å². The summed E-state index contributed by atoms with van der Waals surface area (Å²) in [5, 5.41) is -0.590. The summed E-state index contributed by atoms with van der Waals surface area (Å²) in [4.78, 5) is 59.2. The maximum Gasteiger partial charge on any atom is 0.306 e. The van der Waals surface area contributed by atoms with E-state index >= 15 is 0 Å². The second-order valence-electron chi connectivity index (χ2n) is 16.0. The Labute approximate surface area is 307 Å². The number of sulfonamides is 1. The minimum Gasteiger partial charge on any atom is -0.497 e. The Morgan fingerprint density at radius 2 is 1.60 bits per heavy atom. The van der Waals surface area contributed by atoms with Gasteiger partial charge in [-0.2, -0.15) is 0 Å². The number of Topliss-reactive ketones (excluding diaryl/α,β-unsaturated/α-hetero) is 1. The number of nitrogens with one attached hydrogen (secondary N) is 1. The second-order valence-corrected chi connectivity index (χ2v) is 18.0. The lowest BCUT2D eigenvalue weighted by atomic mass is 9.77. The van der Waals surface area contributed by atoms with Crippen LogP contribution in [0.4, 0.5) is 5.69 Å². The van der Waals surface area contributed by atoms with E-state index in [9.17, 15) is 27.6 Å². The predicted octanol–water partition coefficient (Wildman–Crippen LogP) is 5.64. The van der Waals surface area contributed by atoms with Gasteiger partial charge in [-0.05, 0) is 91.7 Å². The molecule has 2 aromatic carbocycles. The number of esters is 1. The highest BCUT2D eigenvalue weighted by Gasteiger charge is 2.61. The number of amides is 2. The first-order chi connectivity index (χ1) is 24.6. The average Bonchev–Trinajstić information content (AvgIpc) is 3.99. The van der Waals surface area contributed by atoms with Crippen LogP contribution in [0.3, 0.4) is 0 Å². The van der Waals surface area contributed by atoms with Crippen LogP contribution < -0.4 is 14.4 Å². The Balaban J connectivity index is 1.26. The lowest BCUT2D eigenvalue weighted by Crippen LogP contribution is -2.49. The Morgan fingerprint density at radius 1 is 0.981 bits per heavy atom. The van der Waals surface area contributed by atoms with Crippen molar-refractivity contribution in [1.29, 1.82) is 0 Å². The topological polar surface area (TPSA) is 139 Å². The summed E-state index contributed by atoms with van der Waals surface area (Å²) in [6.07, 6.45) is 6.05. The van der Waals surface area contributed by atoms with Gasteiger partial charge in [0.25, 0.3) is 0 Å². The normalized spacial score (nSPS) is 23.9. The summed E-state index contributed by atoms with van der Waals surface area (Å²) in [7, 11) is -2.21. The maximum atomic E-state index is 14.6. The van der Waals surface area contributed by atoms with Crippen molar-refractivity contribution in [3.05, 3.63) is 61.2 Å². The van der Waals surface area contributed by atoms with E-state index in [0.29, 0.717) is 19.3 Å². The third-order valence-electron chi connectivity index (χ3n) is 11.3. The molecule has 1 heterocycles. The van der Waals surface area contributed by atoms with E-state index in [4.69, 9.17) is 9.47 Å². The number of hydrogen-bond donors (Lipinski definition) is 1. The second kappa shape index (κ2) is 14.7. The minimum absolute atomic E-state index is 0.0987. The van der Waals surface area contributed by atoms with E-state index < -0.39 is 49.9 Å². The molecule has 3 saturated carbocycles. The number of ether oxygens (including phenoxy) is 2. The van der Waals surface area contributed by atoms with Crippen LogP contribution in [0.5, 0.6) is 5.75 Å². The number of benzene rings is 2. The summed E-state index contributed by atoms with van der Waals surface area (Å²) in [6.45, 7) is 9.81. The molecule has 4 fully saturated rings. The molecule has 1 saturated heterocycles. The largest absolute Gasteiger partial charge is 0.497 e. The lowest BCUT2D eigenvalue weighted by Gasteiger charge is -2.34. The molecule has 0 aromatic heterocycles. The third-order valence-corrected chi connectivity index (χ3v) is 13.1. The summed E-state index contributed by atoms with van der Waals surface area (Å²) in [5.41, 5.74) is 0.909. The number of methoxy groups -OCH3 is 1. The third kappa shape index (κ3) is 8.06. The molecule has 11 nitrogen and oxygen atoms in total. The molecule has 0 spiro atoms. The van der Waals surface area contributed by atoms with Crippen LogP contribution in [-0.4, -0.2) is 74.6 Å². The SMILES string of the molecule is C=C[C@@H]1C[C@]1(CC(=O)[C@@H]1CN(c2ccc(-c3ccc(OC)cc3)cc2)CN1C(=O)[C@@H](CC(=O)OC1CCCC1)C(C)(C)C)C(=O)NS(=O)(=O)C1CC1. The van der Waals surface area contributed by atoms with E-state index in [2.05, 4.69) is 11.3 Å². The Hall–Kier alpha value is -4.19. The zero-order valence-corrected chi connectivity index (χ0v) is 31.5. The molecule has 1 aliphatic heterocycles. The zero-order valence-electron chi connectivity index (χ0n) is 30.6. The van der Waals surface area contributed by atoms with E-state index in [1.54, 1.807) is 13.2 Å². The molecule has 2 amide bonds. The van der Waals surface area contributed by atoms with E-state index in [0.717, 1.165) is 48.2 Å². The highest BCUT2D eigenvalue weighted by Crippen LogP contribution is 2.57. The number of ketones is 1. The number of anilines is 1. The van der Waals surface area contributed by atoms with Crippen molar-refractivity contribution in [2.45, 2.75) is 96.0 Å². The number of allylic oxidation sites excluding steroid dienone is 1. The Morgan fingerprint density at radius 3 is 2.13 bits per heavy atom. The van der Waals surface area contributed by atoms with Crippen LogP contribution in [0.1, 0.15) is 78.6 Å². The number of carbonyl (C=O) groups excluding carboxylic acids is 4. The van der Waals surface area contributed by atoms with Crippen LogP contribution in [0, 0.1) is 22.7 Å². The van der Waals surface area contributed by atoms with Gasteiger partial charge in [0.15, 0.2) is 5.78 Å². The minimum atomic E-state index is -3.83. The molecular formula is C40H51N3O8S. The van der Waals surface area contributed by atoms with Crippen LogP contribution in [0.15, 0.2) is 61.2 Å². The zero-order chi connectivity index (χ0) is 37.4. The molecule has 4 aliphatic rings. The molecule has 3 aliphatic carbocycles. The fourth-order valence-corrected chi connectivity index (χ4v) is 9.05. The van der Waals surface area contributed by atoms with E-state index in [1.807, 2.05) is 74.2 Å². The van der Waals surface area contributed by atoms with Crippen LogP contribution in [0.25, 0.3) is 11.1 Å². The van der Waals surface area contributed by atoms with Crippen molar-refractivity contribution < 1.29 is 37.1 Å². The van der Waals surface area contributed by atoms with Crippen LogP contribution >= 0.6 is 0 Å². The molecule has 0 bridgehead atoms. The first kappa shape index (κ1) is 37.6. The monoisotopic (exact) mass is 733 g/mol. The Kier molecular flexibility index (Phi) is 10.6. The fraction of sp³-hybridized carbons (Fsp3) is 0.550. The molecular weight excluding hydrogens is 683 g/mol. The molecule has 0 radical (unpaired) electrons. The number of nitrogens with zero attached hydrogens (tertiary/aromatic N) is 2. The van der Waals surface area contributed by atoms with Crippen molar-refractivity contribution in [3.63, 3.8) is 0 Å². The highest BCUT2D eigenvalue weighted by atomic mass is 32.2. The van der Waals surface area contributed by atoms with Gasteiger partial charge in [-0.3, -0.25) is 23.9 Å². The quantitative estimate of drug-likeness (QED) is 0.193. The van der Waals surface area contributed by atoms with Gasteiger partial charge in [-0.15, -0.1) is 6.58 Å². The molecule has 2 aromatic rings. The van der Waals surface area contributed by atoms with Gasteiger partial charge in [-0.1, -0.05) is 51.1 Å². The lowest BCUT2D eigenvalue weighted by molar-refractivity contribution is -0.156. The smallest absolute Gasteiger partial charge is 0.306 e. The first-order valence-corrected chi connectivity index (χ1v) is 19.9. The van der Waals surface area contributed by atoms with Gasteiger partial charge >= 0.3 is 5.97 Å². The Bertz CT molecular complexity index is 1790. The fourth-order valence-electron chi connectivity index (χ4n) is 7.66. The van der Waals surface area contributed by atoms with Crippen molar-refractivity contribution in [2.24, 2.45) is 22.7 Å². The van der Waals surface area contributed by atoms with Crippen molar-refractivity contribution in [3.8, 4) is 16.9 Å². The van der Waals surface area contributed by atoms with E-state index in [-0.39, 0.29) is 49.8 Å². The summed E-state index contributed by atoms with van der Waals surface area (Å²) in [5.74, 6) is -2.17. The number of rotatable bonds is 14. The number of carbonyl (C=O) groups is 4. The average molecular weight is 734 g/mol. The van der Waals surface area contributed by atoms with Gasteiger partial charge in [0, 0.05) is 18.7 Å². The highest BCUT2D eigenvalue weighted by molar-refractivity contribution is 7.90. The van der Waals surface area contributed by atoms with Gasteiger partial charge in [0.2, 0.25) is 21.8 Å². The summed E-state index contributed by atoms with van der Waals surface area (Å²) in [6, 6.07) is 14.7. The van der Waals surface area contributed by atoms with Gasteiger partial charge in [0.05, 0.1) is 36.8 Å². The van der Waals surface area contributed by atoms with Crippen LogP contribution in [0.2, 0.25) is 0 Å². The standard InChI is InChI=1S/C40H51N3O8S/c1-6-28-22-40(28,38(47)41-52(48,49)32-19-20-32)23-35(44)34-24-42(29-15-11-26(12-16-29)27-13-17-30(50-5)18-14-27)25-43(34)37(46)33(39(2,3)4)21-36(45)51-31-9-7-8-10-31/h6,11-18,28,31-34H,1,7-10,19-25H2,2-5H3,(H,41,47)/t28-,33-,34+,40-/m1/s1. The van der Waals surface area contributed by atoms with Crippen molar-refractivity contribution >= 4 is 39.3 Å². The van der Waals surface area contributed by atoms with Crippen molar-refractivity contribution in [2.75, 3.05) is 25.2 Å².